The van der Waals surface area contributed by atoms with E-state index >= 15 is 0 Å². The van der Waals surface area contributed by atoms with E-state index in [1.807, 2.05) is 31.2 Å². The van der Waals surface area contributed by atoms with E-state index in [1.54, 1.807) is 0 Å². The highest BCUT2D eigenvalue weighted by molar-refractivity contribution is 8.23. The van der Waals surface area contributed by atoms with Crippen LogP contribution in [-0.2, 0) is 4.79 Å². The SMILES string of the molecule is CCN(CC)C(=S)SCC(=O)N[C@H](C)c1ccc(Cl)cc1. The summed E-state index contributed by atoms with van der Waals surface area (Å²) in [7, 11) is 0. The van der Waals surface area contributed by atoms with Gasteiger partial charge in [-0.25, -0.2) is 0 Å². The van der Waals surface area contributed by atoms with Crippen LogP contribution < -0.4 is 5.32 Å². The van der Waals surface area contributed by atoms with Crippen LogP contribution in [0.3, 0.4) is 0 Å². The predicted octanol–water partition coefficient (Wildman–Crippen LogP) is 3.88. The summed E-state index contributed by atoms with van der Waals surface area (Å²) >= 11 is 12.6. The Morgan fingerprint density at radius 3 is 2.43 bits per heavy atom. The van der Waals surface area contributed by atoms with Gasteiger partial charge < -0.3 is 10.2 Å². The summed E-state index contributed by atoms with van der Waals surface area (Å²) in [6.45, 7) is 7.79. The van der Waals surface area contributed by atoms with Crippen LogP contribution in [0.15, 0.2) is 24.3 Å². The molecule has 0 spiro atoms. The number of hydrogen-bond donors (Lipinski definition) is 1. The Balaban J connectivity index is 2.43. The molecule has 1 atom stereocenters. The van der Waals surface area contributed by atoms with Crippen LogP contribution in [0.25, 0.3) is 0 Å². The molecule has 0 saturated carbocycles. The van der Waals surface area contributed by atoms with Crippen molar-refractivity contribution >= 4 is 45.8 Å². The first kappa shape index (κ1) is 18.3. The van der Waals surface area contributed by atoms with Crippen LogP contribution in [0.2, 0.25) is 5.02 Å². The maximum absolute atomic E-state index is 12.0. The molecule has 0 fully saturated rings. The molecule has 1 N–H and O–H groups in total. The van der Waals surface area contributed by atoms with Gasteiger partial charge in [0, 0.05) is 18.1 Å². The Labute approximate surface area is 141 Å². The minimum absolute atomic E-state index is 0.0167. The van der Waals surface area contributed by atoms with Crippen LogP contribution in [0.1, 0.15) is 32.4 Å². The molecule has 1 rings (SSSR count). The number of thioether (sulfide) groups is 1. The van der Waals surface area contributed by atoms with Crippen molar-refractivity contribution < 1.29 is 4.79 Å². The van der Waals surface area contributed by atoms with Gasteiger partial charge in [-0.2, -0.15) is 0 Å². The Morgan fingerprint density at radius 1 is 1.33 bits per heavy atom. The lowest BCUT2D eigenvalue weighted by molar-refractivity contribution is -0.119. The quantitative estimate of drug-likeness (QED) is 0.794. The first-order valence-corrected chi connectivity index (χ1v) is 8.71. The minimum Gasteiger partial charge on any atom is -0.358 e. The molecule has 1 aromatic carbocycles. The van der Waals surface area contributed by atoms with Crippen molar-refractivity contribution in [3.63, 3.8) is 0 Å². The largest absolute Gasteiger partial charge is 0.358 e. The second-order valence-corrected chi connectivity index (χ2v) is 6.61. The molecular formula is C15H21ClN2OS2. The molecule has 0 aliphatic heterocycles. The molecule has 0 bridgehead atoms. The molecule has 0 saturated heterocycles. The first-order valence-electron chi connectivity index (χ1n) is 6.94. The number of carbonyl (C=O) groups is 1. The average Bonchev–Trinajstić information content (AvgIpc) is 2.47. The molecule has 6 heteroatoms. The Bertz CT molecular complexity index is 475. The van der Waals surface area contributed by atoms with Crippen molar-refractivity contribution in [1.82, 2.24) is 10.2 Å². The summed E-state index contributed by atoms with van der Waals surface area (Å²) in [5.74, 6) is 0.324. The zero-order valence-electron chi connectivity index (χ0n) is 12.6. The number of amides is 1. The van der Waals surface area contributed by atoms with Gasteiger partial charge in [0.15, 0.2) is 0 Å². The number of carbonyl (C=O) groups excluding carboxylic acids is 1. The van der Waals surface area contributed by atoms with Gasteiger partial charge in [0.1, 0.15) is 4.32 Å². The first-order chi connectivity index (χ1) is 9.97. The molecule has 116 valence electrons. The lowest BCUT2D eigenvalue weighted by atomic mass is 10.1. The van der Waals surface area contributed by atoms with Gasteiger partial charge in [-0.1, -0.05) is 47.7 Å². The topological polar surface area (TPSA) is 32.3 Å². The molecule has 0 aliphatic carbocycles. The van der Waals surface area contributed by atoms with Gasteiger partial charge in [-0.05, 0) is 38.5 Å². The molecule has 0 radical (unpaired) electrons. The fourth-order valence-electron chi connectivity index (χ4n) is 1.82. The molecule has 21 heavy (non-hydrogen) atoms. The molecule has 0 aliphatic rings. The Hall–Kier alpha value is -0.780. The monoisotopic (exact) mass is 344 g/mol. The molecular weight excluding hydrogens is 324 g/mol. The smallest absolute Gasteiger partial charge is 0.230 e. The number of rotatable bonds is 6. The summed E-state index contributed by atoms with van der Waals surface area (Å²) in [4.78, 5) is 14.0. The molecule has 0 unspecified atom stereocenters. The van der Waals surface area contributed by atoms with Gasteiger partial charge in [0.25, 0.3) is 0 Å². The van der Waals surface area contributed by atoms with Gasteiger partial charge in [-0.15, -0.1) is 0 Å². The maximum Gasteiger partial charge on any atom is 0.230 e. The van der Waals surface area contributed by atoms with E-state index in [0.717, 1.165) is 23.0 Å². The van der Waals surface area contributed by atoms with Crippen molar-refractivity contribution in [2.75, 3.05) is 18.8 Å². The van der Waals surface area contributed by atoms with Crippen molar-refractivity contribution in [3.05, 3.63) is 34.9 Å². The summed E-state index contributed by atoms with van der Waals surface area (Å²) in [6, 6.07) is 7.44. The fourth-order valence-corrected chi connectivity index (χ4v) is 3.16. The van der Waals surface area contributed by atoms with Gasteiger partial charge in [0.2, 0.25) is 5.91 Å². The van der Waals surface area contributed by atoms with Crippen molar-refractivity contribution in [1.29, 1.82) is 0 Å². The number of halogens is 1. The zero-order valence-corrected chi connectivity index (χ0v) is 14.9. The summed E-state index contributed by atoms with van der Waals surface area (Å²) in [5.41, 5.74) is 1.03. The second-order valence-electron chi connectivity index (χ2n) is 4.57. The third-order valence-corrected chi connectivity index (χ3v) is 4.87. The Morgan fingerprint density at radius 2 is 1.90 bits per heavy atom. The van der Waals surface area contributed by atoms with Crippen LogP contribution in [0, 0.1) is 0 Å². The number of hydrogen-bond acceptors (Lipinski definition) is 3. The summed E-state index contributed by atoms with van der Waals surface area (Å²) in [5, 5.41) is 3.66. The zero-order chi connectivity index (χ0) is 15.8. The highest BCUT2D eigenvalue weighted by Gasteiger charge is 2.12. The normalized spacial score (nSPS) is 11.8. The van der Waals surface area contributed by atoms with Crippen molar-refractivity contribution in [3.8, 4) is 0 Å². The Kier molecular flexibility index (Phi) is 8.07. The molecule has 0 aromatic heterocycles. The maximum atomic E-state index is 12.0. The van der Waals surface area contributed by atoms with Crippen LogP contribution >= 0.6 is 35.6 Å². The van der Waals surface area contributed by atoms with E-state index in [9.17, 15) is 4.79 Å². The van der Waals surface area contributed by atoms with Crippen LogP contribution in [-0.4, -0.2) is 34.0 Å². The van der Waals surface area contributed by atoms with Gasteiger partial charge >= 0.3 is 0 Å². The fraction of sp³-hybridized carbons (Fsp3) is 0.467. The second kappa shape index (κ2) is 9.28. The van der Waals surface area contributed by atoms with E-state index < -0.39 is 0 Å². The molecule has 1 aromatic rings. The predicted molar refractivity (Wildman–Crippen MR) is 96.0 cm³/mol. The van der Waals surface area contributed by atoms with E-state index in [-0.39, 0.29) is 11.9 Å². The summed E-state index contributed by atoms with van der Waals surface area (Å²) < 4.78 is 0.772. The van der Waals surface area contributed by atoms with E-state index in [4.69, 9.17) is 23.8 Å². The minimum atomic E-state index is -0.0441. The number of benzene rings is 1. The molecule has 1 amide bonds. The van der Waals surface area contributed by atoms with Gasteiger partial charge in [-0.3, -0.25) is 4.79 Å². The lowest BCUT2D eigenvalue weighted by Gasteiger charge is -2.21. The molecule has 0 heterocycles. The third-order valence-electron chi connectivity index (χ3n) is 3.10. The standard InChI is InChI=1S/C15H21ClN2OS2/c1-4-18(5-2)15(20)21-10-14(19)17-11(3)12-6-8-13(16)9-7-12/h6-9,11H,4-5,10H2,1-3H3,(H,17,19)/t11-/m1/s1. The van der Waals surface area contributed by atoms with Crippen LogP contribution in [0.5, 0.6) is 0 Å². The average molecular weight is 345 g/mol. The van der Waals surface area contributed by atoms with Gasteiger partial charge in [0.05, 0.1) is 11.8 Å². The number of nitrogens with zero attached hydrogens (tertiary/aromatic N) is 1. The van der Waals surface area contributed by atoms with E-state index in [0.29, 0.717) is 10.8 Å². The number of thiocarbonyl (C=S) groups is 1. The van der Waals surface area contributed by atoms with Crippen molar-refractivity contribution in [2.45, 2.75) is 26.8 Å². The highest BCUT2D eigenvalue weighted by Crippen LogP contribution is 2.16. The van der Waals surface area contributed by atoms with Crippen LogP contribution in [0.4, 0.5) is 0 Å². The lowest BCUT2D eigenvalue weighted by Crippen LogP contribution is -2.31. The highest BCUT2D eigenvalue weighted by atomic mass is 35.5. The van der Waals surface area contributed by atoms with Crippen molar-refractivity contribution in [2.24, 2.45) is 0 Å². The third kappa shape index (κ3) is 6.24. The molecule has 3 nitrogen and oxygen atoms in total. The van der Waals surface area contributed by atoms with E-state index in [2.05, 4.69) is 24.1 Å². The van der Waals surface area contributed by atoms with E-state index in [1.165, 1.54) is 11.8 Å². The summed E-state index contributed by atoms with van der Waals surface area (Å²) in [6.07, 6.45) is 0. The number of nitrogens with one attached hydrogen (secondary N) is 1.